The van der Waals surface area contributed by atoms with Crippen molar-refractivity contribution >= 4 is 52.5 Å². The fourth-order valence-corrected chi connectivity index (χ4v) is 2.86. The van der Waals surface area contributed by atoms with Crippen LogP contribution in [-0.4, -0.2) is 45.7 Å². The lowest BCUT2D eigenvalue weighted by atomic mass is 10.1. The molecule has 8 nitrogen and oxygen atoms in total. The molecule has 1 aliphatic rings. The van der Waals surface area contributed by atoms with E-state index >= 15 is 0 Å². The average Bonchev–Trinajstić information content (AvgIpc) is 3.11. The van der Waals surface area contributed by atoms with Crippen molar-refractivity contribution in [1.29, 1.82) is 0 Å². The Hall–Kier alpha value is -3.04. The number of likely N-dealkylation sites (N-methyl/N-ethyl adjacent to an activating group) is 2. The molecule has 0 spiro atoms. The minimum atomic E-state index is -0.592. The molecule has 2 heterocycles. The van der Waals surface area contributed by atoms with E-state index < -0.39 is 16.7 Å². The molecule has 0 atom stereocenters. The number of rotatable bonds is 3. The third kappa shape index (κ3) is 3.34. The van der Waals surface area contributed by atoms with Crippen molar-refractivity contribution in [2.75, 3.05) is 14.1 Å². The summed E-state index contributed by atoms with van der Waals surface area (Å²) in [5, 5.41) is 11.1. The molecule has 0 unspecified atom stereocenters. The summed E-state index contributed by atoms with van der Waals surface area (Å²) in [6, 6.07) is 7.39. The van der Waals surface area contributed by atoms with Crippen LogP contribution in [-0.2, 0) is 9.59 Å². The van der Waals surface area contributed by atoms with Gasteiger partial charge in [-0.3, -0.25) is 29.5 Å². The van der Waals surface area contributed by atoms with Crippen LogP contribution in [0.3, 0.4) is 0 Å². The van der Waals surface area contributed by atoms with Gasteiger partial charge < -0.3 is 4.42 Å². The maximum absolute atomic E-state index is 12.3. The number of nitro groups is 1. The summed E-state index contributed by atoms with van der Waals surface area (Å²) in [4.78, 5) is 37.4. The number of furan rings is 1. The summed E-state index contributed by atoms with van der Waals surface area (Å²) in [7, 11) is 2.95. The van der Waals surface area contributed by atoms with Gasteiger partial charge in [0.1, 0.15) is 22.1 Å². The Morgan fingerprint density at radius 2 is 1.78 bits per heavy atom. The summed E-state index contributed by atoms with van der Waals surface area (Å²) in [5.41, 5.74) is 0.0870. The molecule has 0 aliphatic carbocycles. The van der Waals surface area contributed by atoms with Crippen LogP contribution < -0.4 is 0 Å². The number of hydrogen-bond acceptors (Lipinski definition) is 6. The summed E-state index contributed by atoms with van der Waals surface area (Å²) in [5.74, 6) is -0.505. The highest BCUT2D eigenvalue weighted by Gasteiger charge is 2.35. The molecular weight excluding hydrogens is 394 g/mol. The molecular formula is C17H12ClN3O5S. The van der Waals surface area contributed by atoms with E-state index in [1.54, 1.807) is 18.2 Å². The second-order valence-electron chi connectivity index (χ2n) is 5.69. The number of carbonyl (C=O) groups is 2. The van der Waals surface area contributed by atoms with Gasteiger partial charge in [0.15, 0.2) is 5.11 Å². The van der Waals surface area contributed by atoms with Crippen molar-refractivity contribution in [1.82, 2.24) is 9.80 Å². The molecule has 2 amide bonds. The van der Waals surface area contributed by atoms with Gasteiger partial charge in [-0.05, 0) is 42.6 Å². The number of amides is 2. The normalized spacial score (nSPS) is 14.8. The number of carbonyl (C=O) groups excluding carboxylic acids is 2. The fourth-order valence-electron chi connectivity index (χ4n) is 2.51. The Labute approximate surface area is 163 Å². The molecule has 1 fully saturated rings. The Morgan fingerprint density at radius 1 is 1.15 bits per heavy atom. The van der Waals surface area contributed by atoms with Crippen LogP contribution in [0.4, 0.5) is 5.69 Å². The SMILES string of the molecule is CN1C(=O)C(=Cc2ccc(-c3ccc(Cl)c([N+](=O)[O-])c3)o2)C(=O)N(C)C1=S. The highest BCUT2D eigenvalue weighted by Crippen LogP contribution is 2.31. The Bertz CT molecular complexity index is 1000. The van der Waals surface area contributed by atoms with E-state index in [0.29, 0.717) is 11.3 Å². The smallest absolute Gasteiger partial charge is 0.288 e. The maximum atomic E-state index is 12.3. The zero-order chi connectivity index (χ0) is 19.9. The number of nitrogens with zero attached hydrogens (tertiary/aromatic N) is 3. The molecule has 1 saturated heterocycles. The summed E-state index contributed by atoms with van der Waals surface area (Å²) < 4.78 is 5.62. The van der Waals surface area contributed by atoms with Crippen LogP contribution in [0, 0.1) is 10.1 Å². The van der Waals surface area contributed by atoms with Crippen molar-refractivity contribution < 1.29 is 18.9 Å². The first kappa shape index (κ1) is 18.7. The van der Waals surface area contributed by atoms with Gasteiger partial charge in [-0.2, -0.15) is 0 Å². The molecule has 1 aromatic carbocycles. The molecule has 138 valence electrons. The lowest BCUT2D eigenvalue weighted by Gasteiger charge is -2.31. The van der Waals surface area contributed by atoms with E-state index in [1.165, 1.54) is 42.1 Å². The summed E-state index contributed by atoms with van der Waals surface area (Å²) >= 11 is 10.8. The third-order valence-electron chi connectivity index (χ3n) is 3.98. The van der Waals surface area contributed by atoms with Gasteiger partial charge in [0.05, 0.1) is 4.92 Å². The second-order valence-corrected chi connectivity index (χ2v) is 6.47. The van der Waals surface area contributed by atoms with Crippen molar-refractivity contribution in [3.63, 3.8) is 0 Å². The highest BCUT2D eigenvalue weighted by atomic mass is 35.5. The molecule has 10 heteroatoms. The summed E-state index contributed by atoms with van der Waals surface area (Å²) in [6.07, 6.45) is 1.31. The van der Waals surface area contributed by atoms with Crippen LogP contribution in [0.5, 0.6) is 0 Å². The standard InChI is InChI=1S/C17H12ClN3O5S/c1-19-15(22)11(16(23)20(2)17(19)27)8-10-4-6-14(26-10)9-3-5-12(18)13(7-9)21(24)25/h3-8H,1-2H3. The van der Waals surface area contributed by atoms with Crippen LogP contribution in [0.2, 0.25) is 5.02 Å². The van der Waals surface area contributed by atoms with Crippen molar-refractivity contribution in [3.05, 3.63) is 56.8 Å². The van der Waals surface area contributed by atoms with Gasteiger partial charge in [0.2, 0.25) is 0 Å². The molecule has 27 heavy (non-hydrogen) atoms. The largest absolute Gasteiger partial charge is 0.457 e. The van der Waals surface area contributed by atoms with E-state index in [2.05, 4.69) is 0 Å². The first-order valence-electron chi connectivity index (χ1n) is 7.56. The molecule has 0 N–H and O–H groups in total. The van der Waals surface area contributed by atoms with E-state index in [9.17, 15) is 19.7 Å². The lowest BCUT2D eigenvalue weighted by molar-refractivity contribution is -0.384. The molecule has 0 radical (unpaired) electrons. The van der Waals surface area contributed by atoms with Gasteiger partial charge in [0, 0.05) is 25.7 Å². The minimum Gasteiger partial charge on any atom is -0.457 e. The number of nitro benzene ring substituents is 1. The molecule has 3 rings (SSSR count). The van der Waals surface area contributed by atoms with Crippen molar-refractivity contribution in [2.45, 2.75) is 0 Å². The van der Waals surface area contributed by atoms with E-state index in [1.807, 2.05) is 0 Å². The van der Waals surface area contributed by atoms with Gasteiger partial charge in [-0.15, -0.1) is 0 Å². The summed E-state index contributed by atoms with van der Waals surface area (Å²) in [6.45, 7) is 0. The van der Waals surface area contributed by atoms with Crippen LogP contribution in [0.25, 0.3) is 17.4 Å². The van der Waals surface area contributed by atoms with E-state index in [-0.39, 0.29) is 27.2 Å². The van der Waals surface area contributed by atoms with Crippen LogP contribution in [0.15, 0.2) is 40.3 Å². The number of thiocarbonyl (C=S) groups is 1. The predicted octanol–water partition coefficient (Wildman–Crippen LogP) is 3.11. The number of hydrogen-bond donors (Lipinski definition) is 0. The molecule has 1 aromatic heterocycles. The Kier molecular flexibility index (Phi) is 4.81. The zero-order valence-corrected chi connectivity index (χ0v) is 15.7. The van der Waals surface area contributed by atoms with E-state index in [0.717, 1.165) is 0 Å². The highest BCUT2D eigenvalue weighted by molar-refractivity contribution is 7.80. The van der Waals surface area contributed by atoms with Crippen molar-refractivity contribution in [3.8, 4) is 11.3 Å². The molecule has 0 saturated carbocycles. The number of halogens is 1. The predicted molar refractivity (Wildman–Crippen MR) is 102 cm³/mol. The first-order valence-corrected chi connectivity index (χ1v) is 8.35. The van der Waals surface area contributed by atoms with Gasteiger partial charge >= 0.3 is 0 Å². The molecule has 1 aliphatic heterocycles. The Morgan fingerprint density at radius 3 is 2.37 bits per heavy atom. The van der Waals surface area contributed by atoms with Crippen LogP contribution in [0.1, 0.15) is 5.76 Å². The van der Waals surface area contributed by atoms with Gasteiger partial charge in [-0.25, -0.2) is 0 Å². The van der Waals surface area contributed by atoms with Gasteiger partial charge in [-0.1, -0.05) is 11.6 Å². The molecule has 0 bridgehead atoms. The third-order valence-corrected chi connectivity index (χ3v) is 4.85. The molecule has 2 aromatic rings. The number of benzene rings is 1. The second kappa shape index (κ2) is 6.93. The zero-order valence-electron chi connectivity index (χ0n) is 14.1. The fraction of sp³-hybridized carbons (Fsp3) is 0.118. The van der Waals surface area contributed by atoms with Crippen molar-refractivity contribution in [2.24, 2.45) is 0 Å². The van der Waals surface area contributed by atoms with Crippen LogP contribution >= 0.6 is 23.8 Å². The maximum Gasteiger partial charge on any atom is 0.288 e. The topological polar surface area (TPSA) is 96.9 Å². The monoisotopic (exact) mass is 405 g/mol. The average molecular weight is 406 g/mol. The van der Waals surface area contributed by atoms with Gasteiger partial charge in [0.25, 0.3) is 17.5 Å². The minimum absolute atomic E-state index is 0.0121. The lowest BCUT2D eigenvalue weighted by Crippen LogP contribution is -2.52. The van der Waals surface area contributed by atoms with E-state index in [4.69, 9.17) is 28.2 Å². The first-order chi connectivity index (χ1) is 12.7. The quantitative estimate of drug-likeness (QED) is 0.256. The Balaban J connectivity index is 1.97.